The van der Waals surface area contributed by atoms with E-state index in [1.165, 1.54) is 44.9 Å². The number of carbonyl (C=O) groups is 1. The fraction of sp³-hybridized carbons (Fsp3) is 0.789. The molecule has 1 atom stereocenters. The molecule has 2 heterocycles. The van der Waals surface area contributed by atoms with E-state index in [9.17, 15) is 4.79 Å². The molecule has 1 aromatic heterocycles. The third kappa shape index (κ3) is 3.76. The van der Waals surface area contributed by atoms with Crippen LogP contribution in [-0.2, 0) is 6.42 Å². The van der Waals surface area contributed by atoms with Gasteiger partial charge in [0.15, 0.2) is 0 Å². The van der Waals surface area contributed by atoms with Gasteiger partial charge in [0.1, 0.15) is 5.76 Å². The number of hydrogen-bond acceptors (Lipinski definition) is 3. The number of hydrogen-bond donors (Lipinski definition) is 1. The SMILES string of the molecule is Cc1noc(C)c1C[C@H](C)NC(=O)N1CCC2(CCCCC2)CC1. The van der Waals surface area contributed by atoms with Crippen LogP contribution in [0.4, 0.5) is 4.79 Å². The van der Waals surface area contributed by atoms with Gasteiger partial charge in [0.05, 0.1) is 5.69 Å². The van der Waals surface area contributed by atoms with Gasteiger partial charge in [-0.2, -0.15) is 0 Å². The Balaban J connectivity index is 1.49. The average molecular weight is 333 g/mol. The third-order valence-corrected chi connectivity index (χ3v) is 6.09. The van der Waals surface area contributed by atoms with Crippen LogP contribution >= 0.6 is 0 Å². The summed E-state index contributed by atoms with van der Waals surface area (Å²) in [5.74, 6) is 0.853. The van der Waals surface area contributed by atoms with Crippen molar-refractivity contribution in [2.24, 2.45) is 5.41 Å². The third-order valence-electron chi connectivity index (χ3n) is 6.09. The smallest absolute Gasteiger partial charge is 0.317 e. The Morgan fingerprint density at radius 3 is 2.46 bits per heavy atom. The van der Waals surface area contributed by atoms with Crippen molar-refractivity contribution in [3.8, 4) is 0 Å². The molecule has 1 spiro atoms. The van der Waals surface area contributed by atoms with Gasteiger partial charge < -0.3 is 14.7 Å². The Hall–Kier alpha value is -1.52. The van der Waals surface area contributed by atoms with Crippen LogP contribution in [0, 0.1) is 19.3 Å². The summed E-state index contributed by atoms with van der Waals surface area (Å²) >= 11 is 0. The summed E-state index contributed by atoms with van der Waals surface area (Å²) in [5, 5.41) is 7.14. The highest BCUT2D eigenvalue weighted by molar-refractivity contribution is 5.74. The highest BCUT2D eigenvalue weighted by atomic mass is 16.5. The number of rotatable bonds is 3. The predicted molar refractivity (Wildman–Crippen MR) is 94.0 cm³/mol. The predicted octanol–water partition coefficient (Wildman–Crippen LogP) is 3.98. The fourth-order valence-electron chi connectivity index (χ4n) is 4.44. The summed E-state index contributed by atoms with van der Waals surface area (Å²) in [4.78, 5) is 14.6. The van der Waals surface area contributed by atoms with E-state index in [-0.39, 0.29) is 12.1 Å². The molecule has 2 aliphatic rings. The number of piperidine rings is 1. The number of amides is 2. The van der Waals surface area contributed by atoms with Gasteiger partial charge in [-0.1, -0.05) is 24.4 Å². The lowest BCUT2D eigenvalue weighted by atomic mass is 9.68. The van der Waals surface area contributed by atoms with E-state index in [0.29, 0.717) is 5.41 Å². The number of likely N-dealkylation sites (tertiary alicyclic amines) is 1. The Labute approximate surface area is 145 Å². The summed E-state index contributed by atoms with van der Waals surface area (Å²) < 4.78 is 5.21. The Morgan fingerprint density at radius 2 is 1.88 bits per heavy atom. The molecule has 2 amide bonds. The molecular weight excluding hydrogens is 302 g/mol. The molecule has 1 saturated carbocycles. The van der Waals surface area contributed by atoms with Crippen molar-refractivity contribution < 1.29 is 9.32 Å². The maximum absolute atomic E-state index is 12.6. The molecule has 24 heavy (non-hydrogen) atoms. The van der Waals surface area contributed by atoms with Crippen molar-refractivity contribution in [3.05, 3.63) is 17.0 Å². The molecule has 1 saturated heterocycles. The Kier molecular flexibility index (Phi) is 5.16. The van der Waals surface area contributed by atoms with Crippen LogP contribution < -0.4 is 5.32 Å². The molecule has 0 bridgehead atoms. The lowest BCUT2D eigenvalue weighted by Crippen LogP contribution is -2.50. The minimum atomic E-state index is 0.0832. The standard InChI is InChI=1S/C19H31N3O2/c1-14(13-17-15(2)21-24-16(17)3)20-18(23)22-11-9-19(10-12-22)7-5-4-6-8-19/h14H,4-13H2,1-3H3,(H,20,23)/t14-/m0/s1. The molecule has 5 heteroatoms. The first-order valence-electron chi connectivity index (χ1n) is 9.46. The van der Waals surface area contributed by atoms with Crippen molar-refractivity contribution in [1.29, 1.82) is 0 Å². The second-order valence-corrected chi connectivity index (χ2v) is 7.91. The zero-order chi connectivity index (χ0) is 17.2. The molecule has 3 rings (SSSR count). The number of aryl methyl sites for hydroxylation is 2. The molecule has 1 aliphatic heterocycles. The van der Waals surface area contributed by atoms with Crippen molar-refractivity contribution >= 4 is 6.03 Å². The van der Waals surface area contributed by atoms with Crippen LogP contribution in [0.3, 0.4) is 0 Å². The maximum atomic E-state index is 12.6. The van der Waals surface area contributed by atoms with Gasteiger partial charge in [0.2, 0.25) is 0 Å². The van der Waals surface area contributed by atoms with Crippen molar-refractivity contribution in [1.82, 2.24) is 15.4 Å². The molecule has 0 radical (unpaired) electrons. The van der Waals surface area contributed by atoms with Gasteiger partial charge in [0.25, 0.3) is 0 Å². The highest BCUT2D eigenvalue weighted by Gasteiger charge is 2.36. The van der Waals surface area contributed by atoms with Crippen LogP contribution in [0.1, 0.15) is 68.9 Å². The number of aromatic nitrogens is 1. The lowest BCUT2D eigenvalue weighted by molar-refractivity contribution is 0.0805. The highest BCUT2D eigenvalue weighted by Crippen LogP contribution is 2.44. The average Bonchev–Trinajstić information content (AvgIpc) is 2.88. The maximum Gasteiger partial charge on any atom is 0.317 e. The van der Waals surface area contributed by atoms with Crippen LogP contribution in [0.25, 0.3) is 0 Å². The first-order valence-corrected chi connectivity index (χ1v) is 9.46. The topological polar surface area (TPSA) is 58.4 Å². The molecule has 2 fully saturated rings. The van der Waals surface area contributed by atoms with E-state index in [2.05, 4.69) is 17.4 Å². The Bertz CT molecular complexity index is 546. The largest absolute Gasteiger partial charge is 0.361 e. The van der Waals surface area contributed by atoms with Crippen LogP contribution in [0.15, 0.2) is 4.52 Å². The summed E-state index contributed by atoms with van der Waals surface area (Å²) in [6, 6.07) is 0.166. The first-order chi connectivity index (χ1) is 11.5. The van der Waals surface area contributed by atoms with E-state index in [1.54, 1.807) is 0 Å². The van der Waals surface area contributed by atoms with Gasteiger partial charge in [-0.15, -0.1) is 0 Å². The molecular formula is C19H31N3O2. The molecule has 5 nitrogen and oxygen atoms in total. The molecule has 0 unspecified atom stereocenters. The van der Waals surface area contributed by atoms with Gasteiger partial charge in [-0.25, -0.2) is 4.79 Å². The second-order valence-electron chi connectivity index (χ2n) is 7.91. The van der Waals surface area contributed by atoms with Gasteiger partial charge >= 0.3 is 6.03 Å². The van der Waals surface area contributed by atoms with Crippen LogP contribution in [0.5, 0.6) is 0 Å². The fourth-order valence-corrected chi connectivity index (χ4v) is 4.44. The van der Waals surface area contributed by atoms with Gasteiger partial charge in [-0.3, -0.25) is 0 Å². The summed E-state index contributed by atoms with van der Waals surface area (Å²) in [6.45, 7) is 7.75. The van der Waals surface area contributed by atoms with E-state index in [1.807, 2.05) is 18.7 Å². The van der Waals surface area contributed by atoms with Crippen molar-refractivity contribution in [2.45, 2.75) is 78.2 Å². The zero-order valence-corrected chi connectivity index (χ0v) is 15.4. The molecule has 1 N–H and O–H groups in total. The number of nitrogens with one attached hydrogen (secondary N) is 1. The monoisotopic (exact) mass is 333 g/mol. The zero-order valence-electron chi connectivity index (χ0n) is 15.4. The van der Waals surface area contributed by atoms with Gasteiger partial charge in [0, 0.05) is 24.7 Å². The van der Waals surface area contributed by atoms with Crippen molar-refractivity contribution in [3.63, 3.8) is 0 Å². The Morgan fingerprint density at radius 1 is 1.21 bits per heavy atom. The second kappa shape index (κ2) is 7.16. The molecule has 1 aliphatic carbocycles. The van der Waals surface area contributed by atoms with E-state index in [4.69, 9.17) is 4.52 Å². The summed E-state index contributed by atoms with van der Waals surface area (Å²) in [6.07, 6.45) is 10.0. The van der Waals surface area contributed by atoms with Crippen LogP contribution in [-0.4, -0.2) is 35.2 Å². The lowest BCUT2D eigenvalue weighted by Gasteiger charge is -2.44. The molecule has 0 aromatic carbocycles. The van der Waals surface area contributed by atoms with Crippen LogP contribution in [0.2, 0.25) is 0 Å². The molecule has 134 valence electrons. The molecule has 1 aromatic rings. The summed E-state index contributed by atoms with van der Waals surface area (Å²) in [7, 11) is 0. The quantitative estimate of drug-likeness (QED) is 0.910. The van der Waals surface area contributed by atoms with Gasteiger partial charge in [-0.05, 0) is 58.3 Å². The summed E-state index contributed by atoms with van der Waals surface area (Å²) in [5.41, 5.74) is 2.57. The minimum Gasteiger partial charge on any atom is -0.361 e. The number of carbonyl (C=O) groups excluding carboxylic acids is 1. The van der Waals surface area contributed by atoms with E-state index in [0.717, 1.165) is 36.5 Å². The number of urea groups is 1. The normalized spacial score (nSPS) is 21.7. The first kappa shape index (κ1) is 17.3. The van der Waals surface area contributed by atoms with Crippen molar-refractivity contribution in [2.75, 3.05) is 13.1 Å². The van der Waals surface area contributed by atoms with E-state index < -0.39 is 0 Å². The number of nitrogens with zero attached hydrogens (tertiary/aromatic N) is 2. The minimum absolute atomic E-state index is 0.0832. The van der Waals surface area contributed by atoms with E-state index >= 15 is 0 Å².